The summed E-state index contributed by atoms with van der Waals surface area (Å²) in [6.45, 7) is 12.3. The van der Waals surface area contributed by atoms with Gasteiger partial charge in [-0.3, -0.25) is 0 Å². The van der Waals surface area contributed by atoms with E-state index in [-0.39, 0.29) is 0 Å². The van der Waals surface area contributed by atoms with Crippen LogP contribution in [-0.4, -0.2) is 0 Å². The standard InChI is InChI=1S/C21H34/c1-14-7-11-21(4)18-8-10-20(3)9-5-6-17(20)16(18)13-15(2)19(21)12-14/h14,16-19H,2,5-13H2,1,3-4H3/t14-,16?,17?,18?,19?,20-,21+/m0/s1. The third kappa shape index (κ3) is 1.93. The number of hydrogen-bond acceptors (Lipinski definition) is 0. The average molecular weight is 287 g/mol. The lowest BCUT2D eigenvalue weighted by atomic mass is 9.44. The zero-order valence-corrected chi connectivity index (χ0v) is 14.5. The highest BCUT2D eigenvalue weighted by Gasteiger charge is 2.58. The maximum Gasteiger partial charge on any atom is -0.0147 e. The van der Waals surface area contributed by atoms with Gasteiger partial charge in [0.25, 0.3) is 0 Å². The van der Waals surface area contributed by atoms with Crippen LogP contribution in [0.2, 0.25) is 0 Å². The summed E-state index contributed by atoms with van der Waals surface area (Å²) in [5.74, 6) is 4.78. The van der Waals surface area contributed by atoms with Crippen LogP contribution in [-0.2, 0) is 0 Å². The van der Waals surface area contributed by atoms with Crippen LogP contribution in [0.4, 0.5) is 0 Å². The monoisotopic (exact) mass is 286 g/mol. The molecule has 118 valence electrons. The molecule has 0 aliphatic heterocycles. The van der Waals surface area contributed by atoms with Gasteiger partial charge in [-0.05, 0) is 85.4 Å². The summed E-state index contributed by atoms with van der Waals surface area (Å²) < 4.78 is 0. The molecule has 0 saturated heterocycles. The van der Waals surface area contributed by atoms with Gasteiger partial charge in [-0.2, -0.15) is 0 Å². The fraction of sp³-hybridized carbons (Fsp3) is 0.905. The smallest absolute Gasteiger partial charge is 0.0147 e. The minimum absolute atomic E-state index is 0.594. The second-order valence-electron chi connectivity index (χ2n) is 9.76. The molecule has 4 aliphatic carbocycles. The molecule has 7 atom stereocenters. The molecule has 0 N–H and O–H groups in total. The van der Waals surface area contributed by atoms with Crippen molar-refractivity contribution in [2.75, 3.05) is 0 Å². The Morgan fingerprint density at radius 1 is 1.00 bits per heavy atom. The van der Waals surface area contributed by atoms with Crippen molar-refractivity contribution < 1.29 is 0 Å². The van der Waals surface area contributed by atoms with Gasteiger partial charge in [0.15, 0.2) is 0 Å². The van der Waals surface area contributed by atoms with E-state index in [1.165, 1.54) is 57.8 Å². The fourth-order valence-corrected chi connectivity index (χ4v) is 7.43. The van der Waals surface area contributed by atoms with Crippen LogP contribution in [0.15, 0.2) is 12.2 Å². The van der Waals surface area contributed by atoms with Gasteiger partial charge in [-0.25, -0.2) is 0 Å². The Labute approximate surface area is 131 Å². The van der Waals surface area contributed by atoms with Crippen molar-refractivity contribution in [2.45, 2.75) is 78.6 Å². The summed E-state index contributed by atoms with van der Waals surface area (Å²) in [5, 5.41) is 0. The van der Waals surface area contributed by atoms with Crippen LogP contribution in [0.1, 0.15) is 78.6 Å². The number of rotatable bonds is 0. The summed E-state index contributed by atoms with van der Waals surface area (Å²) in [6, 6.07) is 0. The molecule has 0 nitrogen and oxygen atoms in total. The predicted molar refractivity (Wildman–Crippen MR) is 90.0 cm³/mol. The molecule has 0 radical (unpaired) electrons. The molecule has 0 aromatic carbocycles. The van der Waals surface area contributed by atoms with Gasteiger partial charge < -0.3 is 0 Å². The quantitative estimate of drug-likeness (QED) is 0.464. The summed E-state index contributed by atoms with van der Waals surface area (Å²) in [5.41, 5.74) is 2.92. The van der Waals surface area contributed by atoms with E-state index in [1.54, 1.807) is 5.57 Å². The SMILES string of the molecule is C=C1CC2C3CCC[C@@]3(C)CCC2[C@@]2(C)CC[C@H](C)CC12. The molecule has 0 aromatic rings. The molecule has 0 aromatic heterocycles. The third-order valence-electron chi connectivity index (χ3n) is 8.67. The number of fused-ring (bicyclic) bond motifs is 5. The molecule has 0 heteroatoms. The summed E-state index contributed by atoms with van der Waals surface area (Å²) in [4.78, 5) is 0. The number of allylic oxidation sites excluding steroid dienone is 1. The summed E-state index contributed by atoms with van der Waals surface area (Å²) in [7, 11) is 0. The first-order valence-corrected chi connectivity index (χ1v) is 9.62. The second kappa shape index (κ2) is 4.62. The van der Waals surface area contributed by atoms with Gasteiger partial charge in [-0.1, -0.05) is 45.8 Å². The van der Waals surface area contributed by atoms with Gasteiger partial charge in [0.1, 0.15) is 0 Å². The lowest BCUT2D eigenvalue weighted by molar-refractivity contribution is -0.0863. The molecule has 4 unspecified atom stereocenters. The Hall–Kier alpha value is -0.260. The van der Waals surface area contributed by atoms with E-state index in [0.29, 0.717) is 10.8 Å². The van der Waals surface area contributed by atoms with Crippen molar-refractivity contribution in [1.82, 2.24) is 0 Å². The van der Waals surface area contributed by atoms with Crippen molar-refractivity contribution in [1.29, 1.82) is 0 Å². The molecule has 4 aliphatic rings. The Balaban J connectivity index is 1.68. The molecule has 4 fully saturated rings. The Morgan fingerprint density at radius 2 is 1.81 bits per heavy atom. The van der Waals surface area contributed by atoms with Crippen molar-refractivity contribution in [2.24, 2.45) is 40.4 Å². The first kappa shape index (κ1) is 14.3. The van der Waals surface area contributed by atoms with Crippen LogP contribution in [0.25, 0.3) is 0 Å². The van der Waals surface area contributed by atoms with Gasteiger partial charge in [0, 0.05) is 0 Å². The largest absolute Gasteiger partial charge is 0.0995 e. The maximum atomic E-state index is 4.61. The minimum atomic E-state index is 0.594. The molecule has 4 saturated carbocycles. The van der Waals surface area contributed by atoms with Crippen molar-refractivity contribution in [3.8, 4) is 0 Å². The van der Waals surface area contributed by atoms with Crippen LogP contribution in [0.3, 0.4) is 0 Å². The first-order valence-electron chi connectivity index (χ1n) is 9.62. The molecule has 0 amide bonds. The summed E-state index contributed by atoms with van der Waals surface area (Å²) in [6.07, 6.45) is 13.3. The molecule has 0 bridgehead atoms. The van der Waals surface area contributed by atoms with Gasteiger partial charge >= 0.3 is 0 Å². The summed E-state index contributed by atoms with van der Waals surface area (Å²) >= 11 is 0. The molecule has 0 spiro atoms. The topological polar surface area (TPSA) is 0 Å². The third-order valence-corrected chi connectivity index (χ3v) is 8.67. The Bertz CT molecular complexity index is 449. The van der Waals surface area contributed by atoms with E-state index >= 15 is 0 Å². The van der Waals surface area contributed by atoms with Crippen LogP contribution in [0, 0.1) is 40.4 Å². The van der Waals surface area contributed by atoms with E-state index in [1.807, 2.05) is 0 Å². The number of hydrogen-bond donors (Lipinski definition) is 0. The highest BCUT2D eigenvalue weighted by atomic mass is 14.6. The van der Waals surface area contributed by atoms with Crippen LogP contribution >= 0.6 is 0 Å². The predicted octanol–water partition coefficient (Wildman–Crippen LogP) is 6.22. The molecule has 21 heavy (non-hydrogen) atoms. The first-order chi connectivity index (χ1) is 9.94. The van der Waals surface area contributed by atoms with E-state index in [9.17, 15) is 0 Å². The Kier molecular flexibility index (Phi) is 3.15. The fourth-order valence-electron chi connectivity index (χ4n) is 7.43. The minimum Gasteiger partial charge on any atom is -0.0995 e. The van der Waals surface area contributed by atoms with Gasteiger partial charge in [0.05, 0.1) is 0 Å². The maximum absolute atomic E-state index is 4.61. The van der Waals surface area contributed by atoms with Crippen LogP contribution < -0.4 is 0 Å². The lowest BCUT2D eigenvalue weighted by Crippen LogP contribution is -2.53. The average Bonchev–Trinajstić information content (AvgIpc) is 2.83. The van der Waals surface area contributed by atoms with E-state index in [2.05, 4.69) is 27.4 Å². The molecular weight excluding hydrogens is 252 g/mol. The van der Waals surface area contributed by atoms with Gasteiger partial charge in [-0.15, -0.1) is 0 Å². The van der Waals surface area contributed by atoms with Crippen molar-refractivity contribution >= 4 is 0 Å². The van der Waals surface area contributed by atoms with Gasteiger partial charge in [0.2, 0.25) is 0 Å². The van der Waals surface area contributed by atoms with Crippen molar-refractivity contribution in [3.63, 3.8) is 0 Å². The zero-order chi connectivity index (χ0) is 14.8. The van der Waals surface area contributed by atoms with Crippen molar-refractivity contribution in [3.05, 3.63) is 12.2 Å². The Morgan fingerprint density at radius 3 is 2.62 bits per heavy atom. The lowest BCUT2D eigenvalue weighted by Gasteiger charge is -2.61. The van der Waals surface area contributed by atoms with E-state index in [4.69, 9.17) is 0 Å². The molecule has 4 rings (SSSR count). The second-order valence-corrected chi connectivity index (χ2v) is 9.76. The molecule has 0 heterocycles. The highest BCUT2D eigenvalue weighted by molar-refractivity contribution is 5.19. The molecular formula is C21H34. The highest BCUT2D eigenvalue weighted by Crippen LogP contribution is 2.67. The van der Waals surface area contributed by atoms with E-state index < -0.39 is 0 Å². The van der Waals surface area contributed by atoms with E-state index in [0.717, 1.165) is 29.6 Å². The zero-order valence-electron chi connectivity index (χ0n) is 14.5. The van der Waals surface area contributed by atoms with Crippen LogP contribution in [0.5, 0.6) is 0 Å². The normalized spacial score (nSPS) is 56.5.